The molecule has 2 N–H and O–H groups in total. The standard InChI is InChI=1S/C31H34N12O/c1-19-14-21(6-8-24(19)20(2)36-30(44)29-38-40-43(39-29)31(3,4)5)27-28-23(15-32)17-35-42(28)18-25(37-27)22-7-9-26(34-16-22)41-12-10-33-11-13-41/h6-9,14,16-18,20,33H,10-13H2,1-5H3,(H,36,44)/t20-/m1/s1. The summed E-state index contributed by atoms with van der Waals surface area (Å²) in [7, 11) is 0. The van der Waals surface area contributed by atoms with Crippen molar-refractivity contribution in [2.75, 3.05) is 31.1 Å². The average Bonchev–Trinajstić information content (AvgIpc) is 3.69. The summed E-state index contributed by atoms with van der Waals surface area (Å²) in [6.45, 7) is 13.4. The van der Waals surface area contributed by atoms with E-state index in [-0.39, 0.29) is 17.4 Å². The van der Waals surface area contributed by atoms with Crippen LogP contribution in [0.3, 0.4) is 0 Å². The largest absolute Gasteiger partial charge is 0.354 e. The first-order valence-electron chi connectivity index (χ1n) is 14.6. The molecule has 1 aliphatic heterocycles. The summed E-state index contributed by atoms with van der Waals surface area (Å²) in [5, 5.41) is 32.8. The van der Waals surface area contributed by atoms with E-state index in [0.29, 0.717) is 22.5 Å². The maximum Gasteiger partial charge on any atom is 0.293 e. The van der Waals surface area contributed by atoms with Gasteiger partial charge >= 0.3 is 0 Å². The van der Waals surface area contributed by atoms with Gasteiger partial charge in [-0.3, -0.25) is 4.79 Å². The first-order valence-corrected chi connectivity index (χ1v) is 14.6. The number of tetrazole rings is 1. The predicted octanol–water partition coefficient (Wildman–Crippen LogP) is 3.28. The van der Waals surface area contributed by atoms with Crippen LogP contribution in [0.25, 0.3) is 28.0 Å². The zero-order chi connectivity index (χ0) is 31.0. The van der Waals surface area contributed by atoms with Gasteiger partial charge in [-0.1, -0.05) is 12.1 Å². The summed E-state index contributed by atoms with van der Waals surface area (Å²) >= 11 is 0. The zero-order valence-electron chi connectivity index (χ0n) is 25.4. The van der Waals surface area contributed by atoms with Gasteiger partial charge in [-0.2, -0.15) is 15.2 Å². The Morgan fingerprint density at radius 1 is 1.11 bits per heavy atom. The number of benzene rings is 1. The van der Waals surface area contributed by atoms with E-state index in [1.807, 2.05) is 77.3 Å². The van der Waals surface area contributed by atoms with Crippen molar-refractivity contribution in [2.24, 2.45) is 0 Å². The Morgan fingerprint density at radius 3 is 2.55 bits per heavy atom. The average molecular weight is 591 g/mol. The fourth-order valence-corrected chi connectivity index (χ4v) is 5.29. The van der Waals surface area contributed by atoms with Crippen molar-refractivity contribution >= 4 is 17.2 Å². The number of anilines is 1. The van der Waals surface area contributed by atoms with Gasteiger partial charge in [0.15, 0.2) is 0 Å². The van der Waals surface area contributed by atoms with Gasteiger partial charge in [0.1, 0.15) is 23.0 Å². The molecule has 0 spiro atoms. The Bertz CT molecular complexity index is 1870. The lowest BCUT2D eigenvalue weighted by Crippen LogP contribution is -2.43. The fraction of sp³-hybridized carbons (Fsp3) is 0.355. The number of nitrogens with one attached hydrogen (secondary N) is 2. The number of piperazine rings is 1. The van der Waals surface area contributed by atoms with Crippen LogP contribution in [0.5, 0.6) is 0 Å². The van der Waals surface area contributed by atoms with Gasteiger partial charge in [0.05, 0.1) is 35.4 Å². The number of rotatable bonds is 6. The number of carbonyl (C=O) groups is 1. The summed E-state index contributed by atoms with van der Waals surface area (Å²) in [6.07, 6.45) is 5.21. The molecule has 1 atom stereocenters. The number of nitriles is 1. The first-order chi connectivity index (χ1) is 21.1. The number of carbonyl (C=O) groups excluding carboxylic acids is 1. The molecule has 0 saturated carbocycles. The first kappa shape index (κ1) is 28.9. The van der Waals surface area contributed by atoms with E-state index in [0.717, 1.165) is 54.3 Å². The molecule has 44 heavy (non-hydrogen) atoms. The van der Waals surface area contributed by atoms with Crippen molar-refractivity contribution in [1.29, 1.82) is 5.26 Å². The summed E-state index contributed by atoms with van der Waals surface area (Å²) in [4.78, 5) is 26.3. The molecule has 13 nitrogen and oxygen atoms in total. The third-order valence-corrected chi connectivity index (χ3v) is 7.68. The molecule has 1 saturated heterocycles. The van der Waals surface area contributed by atoms with Crippen LogP contribution in [-0.2, 0) is 5.54 Å². The molecule has 0 unspecified atom stereocenters. The van der Waals surface area contributed by atoms with Crippen LogP contribution in [-0.4, -0.2) is 71.9 Å². The number of aromatic nitrogens is 8. The number of hydrogen-bond donors (Lipinski definition) is 2. The van der Waals surface area contributed by atoms with Gasteiger partial charge in [-0.05, 0) is 69.2 Å². The van der Waals surface area contributed by atoms with Gasteiger partial charge in [0.25, 0.3) is 11.7 Å². The molecule has 4 aromatic heterocycles. The summed E-state index contributed by atoms with van der Waals surface area (Å²) < 4.78 is 1.70. The van der Waals surface area contributed by atoms with E-state index in [1.165, 1.54) is 4.80 Å². The molecular formula is C31H34N12O. The van der Waals surface area contributed by atoms with Gasteiger partial charge in [-0.25, -0.2) is 14.5 Å². The topological polar surface area (TPSA) is 155 Å². The van der Waals surface area contributed by atoms with E-state index in [2.05, 4.69) is 42.1 Å². The van der Waals surface area contributed by atoms with Gasteiger partial charge in [-0.15, -0.1) is 10.2 Å². The quantitative estimate of drug-likeness (QED) is 0.301. The van der Waals surface area contributed by atoms with Crippen molar-refractivity contribution in [3.63, 3.8) is 0 Å². The van der Waals surface area contributed by atoms with Crippen molar-refractivity contribution in [3.8, 4) is 28.6 Å². The Morgan fingerprint density at radius 2 is 1.89 bits per heavy atom. The normalized spacial score (nSPS) is 14.4. The summed E-state index contributed by atoms with van der Waals surface area (Å²) in [5.41, 5.74) is 5.57. The van der Waals surface area contributed by atoms with Gasteiger partial charge < -0.3 is 15.5 Å². The molecule has 1 aliphatic rings. The van der Waals surface area contributed by atoms with Crippen LogP contribution in [0.1, 0.15) is 61.0 Å². The molecule has 1 fully saturated rings. The predicted molar refractivity (Wildman–Crippen MR) is 165 cm³/mol. The highest BCUT2D eigenvalue weighted by molar-refractivity contribution is 5.90. The molecule has 13 heteroatoms. The number of nitrogens with zero attached hydrogens (tertiary/aromatic N) is 10. The highest BCUT2D eigenvalue weighted by atomic mass is 16.2. The molecular weight excluding hydrogens is 556 g/mol. The van der Waals surface area contributed by atoms with Crippen LogP contribution in [0.2, 0.25) is 0 Å². The molecule has 5 heterocycles. The van der Waals surface area contributed by atoms with Gasteiger partial charge in [0, 0.05) is 43.5 Å². The van der Waals surface area contributed by atoms with Crippen LogP contribution >= 0.6 is 0 Å². The van der Waals surface area contributed by atoms with Crippen LogP contribution in [0.4, 0.5) is 5.82 Å². The highest BCUT2D eigenvalue weighted by Crippen LogP contribution is 2.31. The molecule has 0 aliphatic carbocycles. The minimum Gasteiger partial charge on any atom is -0.354 e. The molecule has 0 radical (unpaired) electrons. The molecule has 1 aromatic carbocycles. The third-order valence-electron chi connectivity index (χ3n) is 7.68. The monoisotopic (exact) mass is 590 g/mol. The number of hydrogen-bond acceptors (Lipinski definition) is 10. The van der Waals surface area contributed by atoms with E-state index < -0.39 is 5.91 Å². The molecule has 5 aromatic rings. The summed E-state index contributed by atoms with van der Waals surface area (Å²) in [6, 6.07) is 11.9. The lowest BCUT2D eigenvalue weighted by Gasteiger charge is -2.28. The Labute approximate surface area is 254 Å². The zero-order valence-corrected chi connectivity index (χ0v) is 25.4. The smallest absolute Gasteiger partial charge is 0.293 e. The lowest BCUT2D eigenvalue weighted by molar-refractivity contribution is 0.0928. The Balaban J connectivity index is 1.30. The Hall–Kier alpha value is -5.22. The molecule has 1 amide bonds. The van der Waals surface area contributed by atoms with Gasteiger partial charge in [0.2, 0.25) is 0 Å². The van der Waals surface area contributed by atoms with Crippen LogP contribution in [0.15, 0.2) is 48.9 Å². The second kappa shape index (κ2) is 11.5. The third kappa shape index (κ3) is 5.59. The van der Waals surface area contributed by atoms with Crippen molar-refractivity contribution in [1.82, 2.24) is 50.4 Å². The number of amides is 1. The second-order valence-corrected chi connectivity index (χ2v) is 11.9. The molecule has 6 rings (SSSR count). The van der Waals surface area contributed by atoms with E-state index >= 15 is 0 Å². The fourth-order valence-electron chi connectivity index (χ4n) is 5.29. The minimum absolute atomic E-state index is 0.0182. The number of aryl methyl sites for hydroxylation is 1. The van der Waals surface area contributed by atoms with Crippen molar-refractivity contribution in [3.05, 3.63) is 71.4 Å². The highest BCUT2D eigenvalue weighted by Gasteiger charge is 2.23. The maximum absolute atomic E-state index is 12.9. The lowest BCUT2D eigenvalue weighted by atomic mass is 9.97. The second-order valence-electron chi connectivity index (χ2n) is 11.9. The molecule has 224 valence electrons. The van der Waals surface area contributed by atoms with E-state index in [9.17, 15) is 10.1 Å². The molecule has 0 bridgehead atoms. The van der Waals surface area contributed by atoms with Crippen LogP contribution < -0.4 is 15.5 Å². The van der Waals surface area contributed by atoms with Crippen molar-refractivity contribution < 1.29 is 4.79 Å². The SMILES string of the molecule is Cc1cc(-c2nc(-c3ccc(N4CCNCC4)nc3)cn3ncc(C#N)c23)ccc1[C@@H](C)NC(=O)c1nnn(C(C)(C)C)n1. The number of pyridine rings is 1. The minimum atomic E-state index is -0.401. The van der Waals surface area contributed by atoms with E-state index in [4.69, 9.17) is 9.97 Å². The summed E-state index contributed by atoms with van der Waals surface area (Å²) in [5.74, 6) is 0.552. The van der Waals surface area contributed by atoms with E-state index in [1.54, 1.807) is 10.7 Å². The maximum atomic E-state index is 12.9. The van der Waals surface area contributed by atoms with Crippen LogP contribution in [0, 0.1) is 18.3 Å². The number of fused-ring (bicyclic) bond motifs is 1. The van der Waals surface area contributed by atoms with Crippen molar-refractivity contribution in [2.45, 2.75) is 46.2 Å². The Kier molecular flexibility index (Phi) is 7.52.